The number of nitrogens with zero attached hydrogens (tertiary/aromatic N) is 3. The Kier molecular flexibility index (Phi) is 9.52. The van der Waals surface area contributed by atoms with Gasteiger partial charge in [-0.2, -0.15) is 0 Å². The lowest BCUT2D eigenvalue weighted by atomic mass is 9.97. The van der Waals surface area contributed by atoms with Crippen molar-refractivity contribution in [3.05, 3.63) is 29.8 Å². The molecule has 7 heteroatoms. The molecule has 1 N–H and O–H groups in total. The number of ether oxygens (including phenoxy) is 1. The van der Waals surface area contributed by atoms with Crippen LogP contribution in [0.25, 0.3) is 0 Å². The Morgan fingerprint density at radius 1 is 1.24 bits per heavy atom. The van der Waals surface area contributed by atoms with Crippen LogP contribution in [0, 0.1) is 5.92 Å². The summed E-state index contributed by atoms with van der Waals surface area (Å²) >= 11 is 0. The average molecular weight is 514 g/mol. The molecule has 29 heavy (non-hydrogen) atoms. The minimum Gasteiger partial charge on any atom is -0.466 e. The van der Waals surface area contributed by atoms with Gasteiger partial charge < -0.3 is 19.9 Å². The molecule has 2 heterocycles. The number of nitrogens with one attached hydrogen (secondary N) is 1. The van der Waals surface area contributed by atoms with Gasteiger partial charge in [0.25, 0.3) is 0 Å². The molecule has 1 unspecified atom stereocenters. The van der Waals surface area contributed by atoms with E-state index in [0.29, 0.717) is 12.6 Å². The maximum Gasteiger partial charge on any atom is 0.309 e. The molecule has 162 valence electrons. The molecule has 1 atom stereocenters. The number of carbonyl (C=O) groups excluding carboxylic acids is 1. The second-order valence-electron chi connectivity index (χ2n) is 7.63. The van der Waals surface area contributed by atoms with Gasteiger partial charge in [-0.3, -0.25) is 9.79 Å². The Bertz CT molecular complexity index is 689. The van der Waals surface area contributed by atoms with Crippen LogP contribution in [0.3, 0.4) is 0 Å². The maximum atomic E-state index is 12.0. The van der Waals surface area contributed by atoms with E-state index in [4.69, 9.17) is 9.73 Å². The van der Waals surface area contributed by atoms with Crippen LogP contribution in [0.15, 0.2) is 29.3 Å². The van der Waals surface area contributed by atoms with Gasteiger partial charge in [-0.1, -0.05) is 18.2 Å². The molecule has 1 aromatic carbocycles. The van der Waals surface area contributed by atoms with Crippen LogP contribution >= 0.6 is 24.0 Å². The van der Waals surface area contributed by atoms with Gasteiger partial charge in [0.15, 0.2) is 5.96 Å². The molecule has 0 radical (unpaired) electrons. The van der Waals surface area contributed by atoms with Gasteiger partial charge in [0.1, 0.15) is 0 Å². The topological polar surface area (TPSA) is 57.2 Å². The van der Waals surface area contributed by atoms with Gasteiger partial charge in [0.2, 0.25) is 0 Å². The van der Waals surface area contributed by atoms with Gasteiger partial charge in [0, 0.05) is 37.9 Å². The first kappa shape index (κ1) is 23.8. The van der Waals surface area contributed by atoms with Crippen molar-refractivity contribution >= 4 is 41.6 Å². The fraction of sp³-hybridized carbons (Fsp3) is 0.636. The molecular weight excluding hydrogens is 479 g/mol. The van der Waals surface area contributed by atoms with E-state index >= 15 is 0 Å². The van der Waals surface area contributed by atoms with Crippen molar-refractivity contribution < 1.29 is 9.53 Å². The van der Waals surface area contributed by atoms with E-state index in [1.165, 1.54) is 11.3 Å². The van der Waals surface area contributed by atoms with Crippen molar-refractivity contribution in [1.29, 1.82) is 0 Å². The minimum atomic E-state index is -0.0505. The molecule has 2 aliphatic heterocycles. The number of para-hydroxylation sites is 1. The van der Waals surface area contributed by atoms with Crippen molar-refractivity contribution in [3.63, 3.8) is 0 Å². The second-order valence-corrected chi connectivity index (χ2v) is 7.63. The van der Waals surface area contributed by atoms with Crippen LogP contribution in [0.2, 0.25) is 0 Å². The Hall–Kier alpha value is -1.51. The van der Waals surface area contributed by atoms with Crippen LogP contribution in [0.4, 0.5) is 5.69 Å². The lowest BCUT2D eigenvalue weighted by Gasteiger charge is -2.34. The van der Waals surface area contributed by atoms with E-state index < -0.39 is 0 Å². The molecule has 0 aromatic heterocycles. The van der Waals surface area contributed by atoms with Crippen LogP contribution in [-0.2, 0) is 16.0 Å². The van der Waals surface area contributed by atoms with Gasteiger partial charge in [0.05, 0.1) is 19.1 Å². The summed E-state index contributed by atoms with van der Waals surface area (Å²) in [6, 6.07) is 9.03. The Labute approximate surface area is 192 Å². The normalized spacial score (nSPS) is 18.1. The molecule has 0 aliphatic carbocycles. The molecule has 0 saturated carbocycles. The number of piperidine rings is 1. The van der Waals surface area contributed by atoms with Gasteiger partial charge in [-0.15, -0.1) is 24.0 Å². The number of halogens is 1. The van der Waals surface area contributed by atoms with E-state index in [0.717, 1.165) is 57.9 Å². The highest BCUT2D eigenvalue weighted by molar-refractivity contribution is 14.0. The molecule has 6 nitrogen and oxygen atoms in total. The number of carbonyl (C=O) groups is 1. The number of esters is 1. The number of benzene rings is 1. The molecule has 0 spiro atoms. The highest BCUT2D eigenvalue weighted by atomic mass is 127. The lowest BCUT2D eigenvalue weighted by molar-refractivity contribution is -0.149. The zero-order valence-corrected chi connectivity index (χ0v) is 20.2. The number of hydrogen-bond acceptors (Lipinski definition) is 4. The second kappa shape index (κ2) is 11.6. The van der Waals surface area contributed by atoms with E-state index in [2.05, 4.69) is 53.2 Å². The highest BCUT2D eigenvalue weighted by Gasteiger charge is 2.28. The summed E-state index contributed by atoms with van der Waals surface area (Å²) in [4.78, 5) is 21.7. The standard InChI is InChI=1S/C22H34N4O2.HI/c1-4-23-22(25-13-10-19(11-14-25)21(27)28-5-2)24-16-17(3)26-15-12-18-8-6-7-9-20(18)26;/h6-9,17,19H,4-5,10-16H2,1-3H3,(H,23,24);1H. The fourth-order valence-electron chi connectivity index (χ4n) is 4.15. The zero-order chi connectivity index (χ0) is 19.9. The maximum absolute atomic E-state index is 12.0. The predicted octanol–water partition coefficient (Wildman–Crippen LogP) is 3.30. The van der Waals surface area contributed by atoms with E-state index in [-0.39, 0.29) is 35.9 Å². The Morgan fingerprint density at radius 2 is 1.97 bits per heavy atom. The monoisotopic (exact) mass is 514 g/mol. The third-order valence-corrected chi connectivity index (χ3v) is 5.71. The van der Waals surface area contributed by atoms with E-state index in [9.17, 15) is 4.79 Å². The van der Waals surface area contributed by atoms with Crippen LogP contribution in [-0.4, -0.2) is 62.2 Å². The summed E-state index contributed by atoms with van der Waals surface area (Å²) in [5.41, 5.74) is 2.79. The summed E-state index contributed by atoms with van der Waals surface area (Å²) in [6.07, 6.45) is 2.78. The Morgan fingerprint density at radius 3 is 2.66 bits per heavy atom. The molecule has 3 rings (SSSR count). The van der Waals surface area contributed by atoms with Crippen LogP contribution in [0.1, 0.15) is 39.2 Å². The number of anilines is 1. The summed E-state index contributed by atoms with van der Waals surface area (Å²) in [5, 5.41) is 3.43. The summed E-state index contributed by atoms with van der Waals surface area (Å²) in [5.74, 6) is 0.939. The molecule has 0 amide bonds. The van der Waals surface area contributed by atoms with Gasteiger partial charge in [-0.25, -0.2) is 0 Å². The van der Waals surface area contributed by atoms with E-state index in [1.54, 1.807) is 0 Å². The zero-order valence-electron chi connectivity index (χ0n) is 17.9. The SMILES string of the molecule is CCNC(=NCC(C)N1CCc2ccccc21)N1CCC(C(=O)OCC)CC1.I. The smallest absolute Gasteiger partial charge is 0.309 e. The third kappa shape index (κ3) is 5.99. The summed E-state index contributed by atoms with van der Waals surface area (Å²) < 4.78 is 5.18. The molecule has 1 fully saturated rings. The fourth-order valence-corrected chi connectivity index (χ4v) is 4.15. The van der Waals surface area contributed by atoms with Crippen LogP contribution in [0.5, 0.6) is 0 Å². The van der Waals surface area contributed by atoms with Crippen molar-refractivity contribution in [3.8, 4) is 0 Å². The van der Waals surface area contributed by atoms with Crippen molar-refractivity contribution in [2.24, 2.45) is 10.9 Å². The largest absolute Gasteiger partial charge is 0.466 e. The summed E-state index contributed by atoms with van der Waals surface area (Å²) in [6.45, 7) is 11.0. The number of fused-ring (bicyclic) bond motifs is 1. The molecule has 2 aliphatic rings. The summed E-state index contributed by atoms with van der Waals surface area (Å²) in [7, 11) is 0. The quantitative estimate of drug-likeness (QED) is 0.273. The van der Waals surface area contributed by atoms with Crippen molar-refractivity contribution in [2.45, 2.75) is 46.1 Å². The number of rotatable bonds is 6. The average Bonchev–Trinajstić information content (AvgIpc) is 3.15. The van der Waals surface area contributed by atoms with Crippen molar-refractivity contribution in [2.75, 3.05) is 44.2 Å². The van der Waals surface area contributed by atoms with Gasteiger partial charge >= 0.3 is 5.97 Å². The number of guanidine groups is 1. The number of hydrogen-bond donors (Lipinski definition) is 1. The van der Waals surface area contributed by atoms with E-state index in [1.807, 2.05) is 6.92 Å². The van der Waals surface area contributed by atoms with Crippen LogP contribution < -0.4 is 10.2 Å². The lowest BCUT2D eigenvalue weighted by Crippen LogP contribution is -2.47. The first-order valence-electron chi connectivity index (χ1n) is 10.7. The number of likely N-dealkylation sites (tertiary alicyclic amines) is 1. The minimum absolute atomic E-state index is 0. The number of aliphatic imine (C=N–C) groups is 1. The first-order chi connectivity index (χ1) is 13.6. The Balaban J connectivity index is 0.00000300. The first-order valence-corrected chi connectivity index (χ1v) is 10.7. The molecule has 1 aromatic rings. The van der Waals surface area contributed by atoms with Gasteiger partial charge in [-0.05, 0) is 51.7 Å². The highest BCUT2D eigenvalue weighted by Crippen LogP contribution is 2.29. The molecular formula is C22H35IN4O2. The molecule has 1 saturated heterocycles. The third-order valence-electron chi connectivity index (χ3n) is 5.71. The predicted molar refractivity (Wildman–Crippen MR) is 129 cm³/mol. The van der Waals surface area contributed by atoms with Crippen molar-refractivity contribution in [1.82, 2.24) is 10.2 Å². The molecule has 0 bridgehead atoms.